The van der Waals surface area contributed by atoms with Crippen LogP contribution >= 0.6 is 0 Å². The Labute approximate surface area is 164 Å². The Morgan fingerprint density at radius 1 is 1.07 bits per heavy atom. The summed E-state index contributed by atoms with van der Waals surface area (Å²) >= 11 is 0. The zero-order valence-corrected chi connectivity index (χ0v) is 16.6. The van der Waals surface area contributed by atoms with E-state index in [1.54, 1.807) is 22.7 Å². The van der Waals surface area contributed by atoms with Crippen LogP contribution in [0.4, 0.5) is 5.69 Å². The Morgan fingerprint density at radius 2 is 1.79 bits per heavy atom. The Balaban J connectivity index is 1.89. The summed E-state index contributed by atoms with van der Waals surface area (Å²) in [6.07, 6.45) is 1.73. The number of hydrogen-bond acceptors (Lipinski definition) is 4. The molecule has 0 unspecified atom stereocenters. The van der Waals surface area contributed by atoms with E-state index >= 15 is 0 Å². The molecule has 0 bridgehead atoms. The third-order valence-electron chi connectivity index (χ3n) is 4.29. The largest absolute Gasteiger partial charge is 0.348 e. The number of pyridine rings is 1. The fourth-order valence-electron chi connectivity index (χ4n) is 3.07. The molecule has 3 rings (SSSR count). The van der Waals surface area contributed by atoms with Crippen LogP contribution in [0, 0.1) is 13.8 Å². The van der Waals surface area contributed by atoms with Crippen LogP contribution in [0.5, 0.6) is 0 Å². The number of fused-ring (bicyclic) bond motifs is 1. The van der Waals surface area contributed by atoms with Crippen LogP contribution in [-0.4, -0.2) is 53.3 Å². The number of carbonyl (C=O) groups is 2. The van der Waals surface area contributed by atoms with Gasteiger partial charge in [-0.05, 0) is 63.3 Å². The van der Waals surface area contributed by atoms with E-state index in [4.69, 9.17) is 0 Å². The number of nitrogens with one attached hydrogen (secondary N) is 2. The van der Waals surface area contributed by atoms with Crippen molar-refractivity contribution in [2.75, 3.05) is 32.5 Å². The van der Waals surface area contributed by atoms with Crippen molar-refractivity contribution in [1.29, 1.82) is 0 Å². The predicted molar refractivity (Wildman–Crippen MR) is 110 cm³/mol. The highest BCUT2D eigenvalue weighted by Crippen LogP contribution is 2.18. The molecule has 1 aromatic carbocycles. The van der Waals surface area contributed by atoms with Crippen LogP contribution in [0.15, 0.2) is 42.6 Å². The zero-order chi connectivity index (χ0) is 20.3. The maximum Gasteiger partial charge on any atom is 0.287 e. The quantitative estimate of drug-likeness (QED) is 0.690. The van der Waals surface area contributed by atoms with E-state index < -0.39 is 0 Å². The van der Waals surface area contributed by atoms with Gasteiger partial charge in [0.2, 0.25) is 5.82 Å². The van der Waals surface area contributed by atoms with E-state index in [1.807, 2.05) is 57.1 Å². The van der Waals surface area contributed by atoms with Gasteiger partial charge in [0.05, 0.1) is 5.52 Å². The summed E-state index contributed by atoms with van der Waals surface area (Å²) in [6, 6.07) is 11.2. The van der Waals surface area contributed by atoms with Crippen molar-refractivity contribution in [3.8, 4) is 0 Å². The number of amides is 2. The molecule has 0 radical (unpaired) electrons. The molecule has 0 aliphatic heterocycles. The lowest BCUT2D eigenvalue weighted by Gasteiger charge is -2.09. The molecule has 0 saturated carbocycles. The van der Waals surface area contributed by atoms with Crippen molar-refractivity contribution in [3.63, 3.8) is 0 Å². The number of aryl methyl sites for hydroxylation is 2. The molecule has 7 nitrogen and oxygen atoms in total. The molecule has 2 aromatic heterocycles. The molecule has 146 valence electrons. The molecule has 0 fully saturated rings. The molecule has 2 heterocycles. The molecule has 0 spiro atoms. The molecule has 3 aromatic rings. The molecule has 0 aliphatic carbocycles. The lowest BCUT2D eigenvalue weighted by Crippen LogP contribution is -2.32. The molecular weight excluding hydrogens is 354 g/mol. The third kappa shape index (κ3) is 4.37. The smallest absolute Gasteiger partial charge is 0.287 e. The Hall–Kier alpha value is -3.19. The van der Waals surface area contributed by atoms with Gasteiger partial charge in [-0.15, -0.1) is 0 Å². The van der Waals surface area contributed by atoms with Crippen molar-refractivity contribution < 1.29 is 9.59 Å². The number of benzene rings is 1. The number of carbonyl (C=O) groups excluding carboxylic acids is 2. The second-order valence-corrected chi connectivity index (χ2v) is 7.13. The second kappa shape index (κ2) is 8.22. The Kier molecular flexibility index (Phi) is 5.75. The van der Waals surface area contributed by atoms with Crippen LogP contribution in [0.2, 0.25) is 0 Å². The molecular formula is C21H25N5O2. The number of aromatic nitrogens is 2. The Morgan fingerprint density at radius 3 is 2.46 bits per heavy atom. The highest BCUT2D eigenvalue weighted by atomic mass is 16.2. The summed E-state index contributed by atoms with van der Waals surface area (Å²) in [5.41, 5.74) is 3.63. The molecule has 0 aliphatic rings. The van der Waals surface area contributed by atoms with Gasteiger partial charge < -0.3 is 15.5 Å². The number of anilines is 1. The maximum atomic E-state index is 12.9. The summed E-state index contributed by atoms with van der Waals surface area (Å²) in [7, 11) is 3.87. The maximum absolute atomic E-state index is 12.9. The number of likely N-dealkylation sites (N-methyl/N-ethyl adjacent to an activating group) is 1. The van der Waals surface area contributed by atoms with Gasteiger partial charge in [-0.1, -0.05) is 12.1 Å². The van der Waals surface area contributed by atoms with Crippen molar-refractivity contribution in [1.82, 2.24) is 19.6 Å². The fourth-order valence-corrected chi connectivity index (χ4v) is 3.07. The monoisotopic (exact) mass is 379 g/mol. The van der Waals surface area contributed by atoms with E-state index in [1.165, 1.54) is 0 Å². The lowest BCUT2D eigenvalue weighted by molar-refractivity contribution is 0.0940. The van der Waals surface area contributed by atoms with Gasteiger partial charge in [0.15, 0.2) is 5.69 Å². The van der Waals surface area contributed by atoms with Gasteiger partial charge in [-0.2, -0.15) is 0 Å². The van der Waals surface area contributed by atoms with E-state index in [9.17, 15) is 9.59 Å². The number of hydrogen-bond donors (Lipinski definition) is 2. The third-order valence-corrected chi connectivity index (χ3v) is 4.29. The summed E-state index contributed by atoms with van der Waals surface area (Å²) in [5, 5.41) is 5.73. The van der Waals surface area contributed by atoms with Gasteiger partial charge in [-0.25, -0.2) is 4.98 Å². The van der Waals surface area contributed by atoms with Gasteiger partial charge in [0, 0.05) is 25.0 Å². The minimum Gasteiger partial charge on any atom is -0.348 e. The highest BCUT2D eigenvalue weighted by Gasteiger charge is 2.21. The van der Waals surface area contributed by atoms with Crippen LogP contribution in [0.3, 0.4) is 0 Å². The van der Waals surface area contributed by atoms with Crippen molar-refractivity contribution in [2.45, 2.75) is 13.8 Å². The molecule has 7 heteroatoms. The summed E-state index contributed by atoms with van der Waals surface area (Å²) in [5.74, 6) is -0.463. The average molecular weight is 379 g/mol. The Bertz CT molecular complexity index is 1000. The fraction of sp³-hybridized carbons (Fsp3) is 0.286. The van der Waals surface area contributed by atoms with E-state index in [0.717, 1.165) is 17.7 Å². The van der Waals surface area contributed by atoms with Crippen LogP contribution in [0.1, 0.15) is 32.2 Å². The molecule has 28 heavy (non-hydrogen) atoms. The number of rotatable bonds is 6. The molecule has 0 atom stereocenters. The van der Waals surface area contributed by atoms with Crippen molar-refractivity contribution >= 4 is 23.0 Å². The predicted octanol–water partition coefficient (Wildman–Crippen LogP) is 2.49. The second-order valence-electron chi connectivity index (χ2n) is 7.13. The van der Waals surface area contributed by atoms with Crippen LogP contribution in [0.25, 0.3) is 5.52 Å². The topological polar surface area (TPSA) is 78.7 Å². The number of imidazole rings is 1. The zero-order valence-electron chi connectivity index (χ0n) is 16.6. The van der Waals surface area contributed by atoms with Crippen molar-refractivity contribution in [2.24, 2.45) is 0 Å². The van der Waals surface area contributed by atoms with E-state index in [-0.39, 0.29) is 23.3 Å². The minimum absolute atomic E-state index is 0.194. The van der Waals surface area contributed by atoms with Gasteiger partial charge in [0.25, 0.3) is 11.8 Å². The normalized spacial score (nSPS) is 11.0. The van der Waals surface area contributed by atoms with Crippen LogP contribution < -0.4 is 10.6 Å². The average Bonchev–Trinajstić information content (AvgIpc) is 3.00. The minimum atomic E-state index is -0.346. The summed E-state index contributed by atoms with van der Waals surface area (Å²) in [6.45, 7) is 5.17. The molecule has 2 amide bonds. The van der Waals surface area contributed by atoms with Crippen molar-refractivity contribution in [3.05, 3.63) is 65.2 Å². The first-order valence-electron chi connectivity index (χ1n) is 9.15. The lowest BCUT2D eigenvalue weighted by atomic mass is 10.1. The SMILES string of the molecule is Cc1cc(C)cc(NC(=O)c2nc(C(=O)NCCN(C)C)n3ccccc23)c1. The first-order chi connectivity index (χ1) is 13.3. The standard InChI is InChI=1S/C21H25N5O2/c1-14-11-15(2)13-16(12-14)23-20(27)18-17-7-5-6-9-26(17)19(24-18)21(28)22-8-10-25(3)4/h5-7,9,11-13H,8,10H2,1-4H3,(H,22,28)(H,23,27). The summed E-state index contributed by atoms with van der Waals surface area (Å²) in [4.78, 5) is 31.8. The first kappa shape index (κ1) is 19.6. The van der Waals surface area contributed by atoms with Gasteiger partial charge in [0.1, 0.15) is 0 Å². The summed E-state index contributed by atoms with van der Waals surface area (Å²) < 4.78 is 1.64. The van der Waals surface area contributed by atoms with Crippen LogP contribution in [-0.2, 0) is 0 Å². The van der Waals surface area contributed by atoms with E-state index in [0.29, 0.717) is 17.7 Å². The highest BCUT2D eigenvalue weighted by molar-refractivity contribution is 6.09. The molecule has 0 saturated heterocycles. The first-order valence-corrected chi connectivity index (χ1v) is 9.15. The van der Waals surface area contributed by atoms with Gasteiger partial charge >= 0.3 is 0 Å². The van der Waals surface area contributed by atoms with E-state index in [2.05, 4.69) is 15.6 Å². The number of nitrogens with zero attached hydrogens (tertiary/aromatic N) is 3. The molecule has 2 N–H and O–H groups in total. The van der Waals surface area contributed by atoms with Gasteiger partial charge in [-0.3, -0.25) is 14.0 Å².